The minimum Gasteiger partial charge on any atom is -0.619 e. The Hall–Kier alpha value is -3.23. The first-order valence-electron chi connectivity index (χ1n) is 9.75. The zero-order valence-electron chi connectivity index (χ0n) is 17.2. The fourth-order valence-corrected chi connectivity index (χ4v) is 5.03. The molecule has 0 saturated heterocycles. The van der Waals surface area contributed by atoms with Crippen molar-refractivity contribution >= 4 is 34.6 Å². The van der Waals surface area contributed by atoms with Crippen molar-refractivity contribution in [1.29, 1.82) is 0 Å². The number of benzene rings is 1. The van der Waals surface area contributed by atoms with E-state index in [1.54, 1.807) is 28.6 Å². The van der Waals surface area contributed by atoms with Crippen molar-refractivity contribution < 1.29 is 4.73 Å². The normalized spacial score (nSPS) is 12.9. The lowest BCUT2D eigenvalue weighted by Gasteiger charge is -2.17. The third-order valence-corrected chi connectivity index (χ3v) is 6.80. The van der Waals surface area contributed by atoms with Gasteiger partial charge in [0.2, 0.25) is 0 Å². The summed E-state index contributed by atoms with van der Waals surface area (Å²) in [5, 5.41) is 29.1. The Labute approximate surface area is 188 Å². The summed E-state index contributed by atoms with van der Waals surface area (Å²) in [6.07, 6.45) is 3.01. The van der Waals surface area contributed by atoms with Crippen LogP contribution in [0.4, 0.5) is 5.95 Å². The highest BCUT2D eigenvalue weighted by molar-refractivity contribution is 7.15. The number of aryl methyl sites for hydroxylation is 2. The standard InChI is InChI=1S/C22H19ClN6OS/c1-13-14(2)31-21-19(13)20(17-6-8-18(23)9-7-17)26-28(22-25-24-15(3)29(21)22)12-16-5-4-10-27(30)11-16/h4-11H,12H2,1-3H3. The molecule has 0 atom stereocenters. The maximum atomic E-state index is 11.8. The molecule has 0 fully saturated rings. The number of hydrogen-bond donors (Lipinski definition) is 0. The molecule has 9 heteroatoms. The molecule has 0 bridgehead atoms. The molecule has 4 aromatic rings. The van der Waals surface area contributed by atoms with Gasteiger partial charge >= 0.3 is 0 Å². The van der Waals surface area contributed by atoms with E-state index in [1.165, 1.54) is 16.6 Å². The molecule has 0 unspecified atom stereocenters. The van der Waals surface area contributed by atoms with Crippen LogP contribution >= 0.6 is 22.9 Å². The molecule has 0 radical (unpaired) electrons. The maximum Gasteiger partial charge on any atom is 0.253 e. The molecular weight excluding hydrogens is 432 g/mol. The summed E-state index contributed by atoms with van der Waals surface area (Å²) in [6, 6.07) is 11.3. The first kappa shape index (κ1) is 19.7. The molecule has 0 N–H and O–H groups in total. The van der Waals surface area contributed by atoms with Gasteiger partial charge in [-0.25, -0.2) is 5.01 Å². The summed E-state index contributed by atoms with van der Waals surface area (Å²) < 4.78 is 2.83. The first-order chi connectivity index (χ1) is 14.9. The second-order valence-corrected chi connectivity index (χ2v) is 9.07. The molecule has 7 nitrogen and oxygen atoms in total. The number of hydrogen-bond acceptors (Lipinski definition) is 6. The highest BCUT2D eigenvalue weighted by Gasteiger charge is 2.30. The molecule has 0 spiro atoms. The zero-order chi connectivity index (χ0) is 21.7. The Kier molecular flexibility index (Phi) is 4.75. The van der Waals surface area contributed by atoms with Gasteiger partial charge in [0.05, 0.1) is 6.54 Å². The lowest BCUT2D eigenvalue weighted by atomic mass is 10.00. The van der Waals surface area contributed by atoms with Crippen LogP contribution in [0.1, 0.15) is 33.0 Å². The molecule has 0 saturated carbocycles. The SMILES string of the molecule is Cc1sc2c(c1C)C(c1ccc(Cl)cc1)=NN(Cc1ccc[n+]([O-])c1)c1nnc(C)n1-2. The van der Waals surface area contributed by atoms with Crippen LogP contribution in [0.2, 0.25) is 5.02 Å². The van der Waals surface area contributed by atoms with Crippen LogP contribution < -0.4 is 9.74 Å². The van der Waals surface area contributed by atoms with Crippen LogP contribution in [-0.4, -0.2) is 20.5 Å². The number of fused-ring (bicyclic) bond motifs is 3. The van der Waals surface area contributed by atoms with E-state index in [0.29, 0.717) is 17.5 Å². The Morgan fingerprint density at radius 2 is 1.87 bits per heavy atom. The van der Waals surface area contributed by atoms with E-state index >= 15 is 0 Å². The number of halogens is 1. The molecule has 4 heterocycles. The largest absolute Gasteiger partial charge is 0.619 e. The Morgan fingerprint density at radius 1 is 1.10 bits per heavy atom. The van der Waals surface area contributed by atoms with Crippen LogP contribution in [0.15, 0.2) is 53.9 Å². The van der Waals surface area contributed by atoms with Crippen molar-refractivity contribution in [2.75, 3.05) is 5.01 Å². The van der Waals surface area contributed by atoms with Crippen molar-refractivity contribution in [1.82, 2.24) is 14.8 Å². The number of hydrazone groups is 1. The van der Waals surface area contributed by atoms with E-state index in [0.717, 1.165) is 38.0 Å². The quantitative estimate of drug-likeness (QED) is 0.344. The van der Waals surface area contributed by atoms with E-state index < -0.39 is 0 Å². The monoisotopic (exact) mass is 450 g/mol. The van der Waals surface area contributed by atoms with Crippen molar-refractivity contribution in [3.05, 3.63) is 92.0 Å². The van der Waals surface area contributed by atoms with Gasteiger partial charge in [0.15, 0.2) is 12.4 Å². The van der Waals surface area contributed by atoms with Gasteiger partial charge in [0, 0.05) is 32.7 Å². The highest BCUT2D eigenvalue weighted by atomic mass is 35.5. The maximum absolute atomic E-state index is 11.8. The Morgan fingerprint density at radius 3 is 2.61 bits per heavy atom. The molecule has 5 rings (SSSR count). The topological polar surface area (TPSA) is 73.2 Å². The third-order valence-electron chi connectivity index (χ3n) is 5.35. The molecule has 1 aromatic carbocycles. The van der Waals surface area contributed by atoms with Crippen molar-refractivity contribution in [3.63, 3.8) is 0 Å². The second-order valence-electron chi connectivity index (χ2n) is 7.43. The molecule has 1 aliphatic rings. The summed E-state index contributed by atoms with van der Waals surface area (Å²) in [5.41, 5.74) is 4.85. The second kappa shape index (κ2) is 7.47. The van der Waals surface area contributed by atoms with Crippen LogP contribution in [0, 0.1) is 26.0 Å². The average molecular weight is 451 g/mol. The van der Waals surface area contributed by atoms with Crippen molar-refractivity contribution in [3.8, 4) is 5.00 Å². The van der Waals surface area contributed by atoms with Gasteiger partial charge in [-0.2, -0.15) is 9.83 Å². The number of nitrogens with zero attached hydrogens (tertiary/aromatic N) is 6. The van der Waals surface area contributed by atoms with Gasteiger partial charge in [-0.3, -0.25) is 4.57 Å². The molecular formula is C22H19ClN6OS. The first-order valence-corrected chi connectivity index (χ1v) is 10.9. The average Bonchev–Trinajstić information content (AvgIpc) is 3.21. The van der Waals surface area contributed by atoms with Gasteiger partial charge in [-0.15, -0.1) is 21.5 Å². The fourth-order valence-electron chi connectivity index (χ4n) is 3.70. The number of rotatable bonds is 3. The summed E-state index contributed by atoms with van der Waals surface area (Å²) in [7, 11) is 0. The van der Waals surface area contributed by atoms with E-state index in [1.807, 2.05) is 41.8 Å². The molecule has 0 amide bonds. The third kappa shape index (κ3) is 3.37. The predicted molar refractivity (Wildman–Crippen MR) is 122 cm³/mol. The van der Waals surface area contributed by atoms with Crippen LogP contribution in [0.25, 0.3) is 5.00 Å². The van der Waals surface area contributed by atoms with E-state index in [-0.39, 0.29) is 0 Å². The summed E-state index contributed by atoms with van der Waals surface area (Å²) in [5.74, 6) is 1.40. The number of anilines is 1. The Balaban J connectivity index is 1.75. The van der Waals surface area contributed by atoms with E-state index in [2.05, 4.69) is 24.0 Å². The van der Waals surface area contributed by atoms with Gasteiger partial charge in [-0.1, -0.05) is 23.7 Å². The van der Waals surface area contributed by atoms with Crippen LogP contribution in [0.5, 0.6) is 0 Å². The number of aromatic nitrogens is 4. The van der Waals surface area contributed by atoms with Crippen LogP contribution in [-0.2, 0) is 6.54 Å². The van der Waals surface area contributed by atoms with Gasteiger partial charge in [0.1, 0.15) is 16.5 Å². The van der Waals surface area contributed by atoms with Crippen molar-refractivity contribution in [2.24, 2.45) is 5.10 Å². The summed E-state index contributed by atoms with van der Waals surface area (Å²) in [6.45, 7) is 6.54. The number of pyridine rings is 1. The fraction of sp³-hybridized carbons (Fsp3) is 0.182. The lowest BCUT2D eigenvalue weighted by Crippen LogP contribution is -2.27. The van der Waals surface area contributed by atoms with Crippen molar-refractivity contribution in [2.45, 2.75) is 27.3 Å². The zero-order valence-corrected chi connectivity index (χ0v) is 18.8. The van der Waals surface area contributed by atoms with Gasteiger partial charge in [0.25, 0.3) is 5.95 Å². The molecule has 1 aliphatic heterocycles. The molecule has 0 aliphatic carbocycles. The molecule has 3 aromatic heterocycles. The van der Waals surface area contributed by atoms with E-state index in [9.17, 15) is 5.21 Å². The number of thiophene rings is 1. The van der Waals surface area contributed by atoms with Gasteiger partial charge in [-0.05, 0) is 44.5 Å². The minimum atomic E-state index is 0.380. The predicted octanol–water partition coefficient (Wildman–Crippen LogP) is 4.31. The van der Waals surface area contributed by atoms with Gasteiger partial charge < -0.3 is 5.21 Å². The highest BCUT2D eigenvalue weighted by Crippen LogP contribution is 2.38. The molecule has 156 valence electrons. The Bertz CT molecular complexity index is 1320. The molecule has 31 heavy (non-hydrogen) atoms. The minimum absolute atomic E-state index is 0.380. The van der Waals surface area contributed by atoms with Crippen LogP contribution in [0.3, 0.4) is 0 Å². The lowest BCUT2D eigenvalue weighted by molar-refractivity contribution is -0.605. The van der Waals surface area contributed by atoms with E-state index in [4.69, 9.17) is 16.7 Å². The smallest absolute Gasteiger partial charge is 0.253 e. The summed E-state index contributed by atoms with van der Waals surface area (Å²) in [4.78, 5) is 1.22. The summed E-state index contributed by atoms with van der Waals surface area (Å²) >= 11 is 7.84.